The smallest absolute Gasteiger partial charge is 0.313 e. The lowest BCUT2D eigenvalue weighted by molar-refractivity contribution is -0.136. The van der Waals surface area contributed by atoms with Crippen molar-refractivity contribution in [2.45, 2.75) is 17.7 Å². The number of hydrogen-bond acceptors (Lipinski definition) is 5. The van der Waals surface area contributed by atoms with Crippen molar-refractivity contribution in [1.29, 1.82) is 0 Å². The number of anilines is 1. The number of sulfonamides is 1. The number of nitrogens with zero attached hydrogens (tertiary/aromatic N) is 2. The lowest BCUT2D eigenvalue weighted by atomic mass is 9.98. The van der Waals surface area contributed by atoms with Crippen LogP contribution < -0.4 is 10.6 Å². The topological polar surface area (TPSA) is 108 Å². The highest BCUT2D eigenvalue weighted by atomic mass is 35.5. The fraction of sp³-hybridized carbons (Fsp3) is 0.316. The van der Waals surface area contributed by atoms with Gasteiger partial charge in [0.15, 0.2) is 0 Å². The van der Waals surface area contributed by atoms with E-state index < -0.39 is 21.8 Å². The molecule has 1 aromatic carbocycles. The molecule has 10 heteroatoms. The molecule has 0 unspecified atom stereocenters. The van der Waals surface area contributed by atoms with Gasteiger partial charge in [-0.3, -0.25) is 14.6 Å². The Kier molecular flexibility index (Phi) is 6.83. The van der Waals surface area contributed by atoms with Crippen LogP contribution in [0.2, 0.25) is 5.02 Å². The van der Waals surface area contributed by atoms with Crippen molar-refractivity contribution in [3.05, 3.63) is 53.8 Å². The molecule has 1 saturated heterocycles. The Labute approximate surface area is 174 Å². The number of pyridine rings is 1. The number of amides is 2. The van der Waals surface area contributed by atoms with Crippen LogP contribution in [0.25, 0.3) is 0 Å². The second kappa shape index (κ2) is 9.34. The first-order chi connectivity index (χ1) is 13.9. The van der Waals surface area contributed by atoms with E-state index in [-0.39, 0.29) is 10.8 Å². The first kappa shape index (κ1) is 21.2. The van der Waals surface area contributed by atoms with Crippen molar-refractivity contribution in [2.75, 3.05) is 25.0 Å². The Balaban J connectivity index is 1.46. The van der Waals surface area contributed by atoms with Gasteiger partial charge in [-0.1, -0.05) is 17.7 Å². The standard InChI is InChI=1S/C19H21ClN4O4S/c20-15-3-1-4-16(11-15)23-19(26)18(25)22-12-14-6-9-24(10-7-14)29(27,28)17-5-2-8-21-13-17/h1-5,8,11,13-14H,6-7,9-10,12H2,(H,22,25)(H,23,26). The number of carbonyl (C=O) groups is 2. The van der Waals surface area contributed by atoms with E-state index in [9.17, 15) is 18.0 Å². The second-order valence-corrected chi connectivity index (χ2v) is 9.09. The molecule has 8 nitrogen and oxygen atoms in total. The minimum absolute atomic E-state index is 0.0956. The fourth-order valence-electron chi connectivity index (χ4n) is 3.07. The number of halogens is 1. The van der Waals surface area contributed by atoms with Crippen molar-refractivity contribution in [1.82, 2.24) is 14.6 Å². The first-order valence-corrected chi connectivity index (χ1v) is 10.9. The first-order valence-electron chi connectivity index (χ1n) is 9.11. The lowest BCUT2D eigenvalue weighted by Crippen LogP contribution is -2.43. The van der Waals surface area contributed by atoms with E-state index in [1.807, 2.05) is 0 Å². The van der Waals surface area contributed by atoms with Crippen LogP contribution in [-0.2, 0) is 19.6 Å². The van der Waals surface area contributed by atoms with Crippen molar-refractivity contribution >= 4 is 39.1 Å². The zero-order chi connectivity index (χ0) is 20.9. The van der Waals surface area contributed by atoms with E-state index in [4.69, 9.17) is 11.6 Å². The molecule has 29 heavy (non-hydrogen) atoms. The summed E-state index contributed by atoms with van der Waals surface area (Å²) in [5.41, 5.74) is 0.437. The number of nitrogens with one attached hydrogen (secondary N) is 2. The van der Waals surface area contributed by atoms with Crippen LogP contribution in [0.5, 0.6) is 0 Å². The van der Waals surface area contributed by atoms with Gasteiger partial charge < -0.3 is 10.6 Å². The Morgan fingerprint density at radius 2 is 1.90 bits per heavy atom. The number of carbonyl (C=O) groups excluding carboxylic acids is 2. The molecule has 2 amide bonds. The monoisotopic (exact) mass is 436 g/mol. The van der Waals surface area contributed by atoms with Gasteiger partial charge in [-0.2, -0.15) is 4.31 Å². The van der Waals surface area contributed by atoms with E-state index in [1.165, 1.54) is 22.8 Å². The van der Waals surface area contributed by atoms with Crippen LogP contribution in [0.15, 0.2) is 53.7 Å². The second-order valence-electron chi connectivity index (χ2n) is 6.71. The molecule has 2 N–H and O–H groups in total. The molecule has 1 fully saturated rings. The third-order valence-corrected chi connectivity index (χ3v) is 6.80. The zero-order valence-corrected chi connectivity index (χ0v) is 17.1. The highest BCUT2D eigenvalue weighted by molar-refractivity contribution is 7.89. The minimum Gasteiger partial charge on any atom is -0.348 e. The van der Waals surface area contributed by atoms with Gasteiger partial charge in [0.1, 0.15) is 4.90 Å². The molecule has 2 heterocycles. The molecule has 154 valence electrons. The molecular formula is C19H21ClN4O4S. The molecule has 0 bridgehead atoms. The fourth-order valence-corrected chi connectivity index (χ4v) is 4.70. The van der Waals surface area contributed by atoms with Crippen molar-refractivity contribution in [3.8, 4) is 0 Å². The maximum atomic E-state index is 12.6. The Bertz CT molecular complexity index is 977. The van der Waals surface area contributed by atoms with Crippen LogP contribution in [0, 0.1) is 5.92 Å². The van der Waals surface area contributed by atoms with E-state index in [0.717, 1.165) is 0 Å². The van der Waals surface area contributed by atoms with Crippen LogP contribution in [0.4, 0.5) is 5.69 Å². The molecule has 0 atom stereocenters. The summed E-state index contributed by atoms with van der Waals surface area (Å²) >= 11 is 5.85. The van der Waals surface area contributed by atoms with Crippen molar-refractivity contribution in [3.63, 3.8) is 0 Å². The number of aromatic nitrogens is 1. The Hall–Kier alpha value is -2.49. The van der Waals surface area contributed by atoms with E-state index in [2.05, 4.69) is 15.6 Å². The average Bonchev–Trinajstić information content (AvgIpc) is 2.73. The van der Waals surface area contributed by atoms with Crippen LogP contribution in [-0.4, -0.2) is 49.2 Å². The van der Waals surface area contributed by atoms with Crippen LogP contribution in [0.3, 0.4) is 0 Å². The molecule has 0 saturated carbocycles. The highest BCUT2D eigenvalue weighted by Gasteiger charge is 2.29. The molecule has 1 aromatic heterocycles. The number of piperidine rings is 1. The summed E-state index contributed by atoms with van der Waals surface area (Å²) in [7, 11) is -3.56. The summed E-state index contributed by atoms with van der Waals surface area (Å²) in [6.45, 7) is 1.02. The lowest BCUT2D eigenvalue weighted by Gasteiger charge is -2.31. The number of benzene rings is 1. The molecule has 3 rings (SSSR count). The van der Waals surface area contributed by atoms with Crippen LogP contribution >= 0.6 is 11.6 Å². The third kappa shape index (κ3) is 5.53. The van der Waals surface area contributed by atoms with Gasteiger partial charge in [0.25, 0.3) is 0 Å². The van der Waals surface area contributed by atoms with Gasteiger partial charge in [0, 0.05) is 42.7 Å². The van der Waals surface area contributed by atoms with Gasteiger partial charge in [-0.25, -0.2) is 8.42 Å². The molecule has 2 aromatic rings. The maximum absolute atomic E-state index is 12.6. The summed E-state index contributed by atoms with van der Waals surface area (Å²) in [5, 5.41) is 5.55. The summed E-state index contributed by atoms with van der Waals surface area (Å²) < 4.78 is 26.6. The summed E-state index contributed by atoms with van der Waals surface area (Å²) in [6.07, 6.45) is 4.04. The van der Waals surface area contributed by atoms with E-state index >= 15 is 0 Å². The molecular weight excluding hydrogens is 416 g/mol. The van der Waals surface area contributed by atoms with Gasteiger partial charge in [0.2, 0.25) is 10.0 Å². The van der Waals surface area contributed by atoms with Gasteiger partial charge >= 0.3 is 11.8 Å². The van der Waals surface area contributed by atoms with Gasteiger partial charge in [0.05, 0.1) is 0 Å². The number of hydrogen-bond donors (Lipinski definition) is 2. The Morgan fingerprint density at radius 3 is 2.55 bits per heavy atom. The average molecular weight is 437 g/mol. The predicted molar refractivity (Wildman–Crippen MR) is 109 cm³/mol. The van der Waals surface area contributed by atoms with E-state index in [1.54, 1.807) is 30.3 Å². The van der Waals surface area contributed by atoms with Gasteiger partial charge in [-0.05, 0) is 49.1 Å². The molecule has 0 spiro atoms. The predicted octanol–water partition coefficient (Wildman–Crippen LogP) is 1.89. The summed E-state index contributed by atoms with van der Waals surface area (Å²) in [5.74, 6) is -1.42. The molecule has 0 radical (unpaired) electrons. The van der Waals surface area contributed by atoms with Gasteiger partial charge in [-0.15, -0.1) is 0 Å². The van der Waals surface area contributed by atoms with Crippen molar-refractivity contribution < 1.29 is 18.0 Å². The Morgan fingerprint density at radius 1 is 1.14 bits per heavy atom. The number of rotatable bonds is 5. The van der Waals surface area contributed by atoms with Crippen LogP contribution in [0.1, 0.15) is 12.8 Å². The minimum atomic E-state index is -3.56. The summed E-state index contributed by atoms with van der Waals surface area (Å²) in [6, 6.07) is 9.62. The zero-order valence-electron chi connectivity index (χ0n) is 15.5. The largest absolute Gasteiger partial charge is 0.348 e. The normalized spacial score (nSPS) is 15.6. The molecule has 1 aliphatic rings. The van der Waals surface area contributed by atoms with Crippen molar-refractivity contribution in [2.24, 2.45) is 5.92 Å². The highest BCUT2D eigenvalue weighted by Crippen LogP contribution is 2.23. The molecule has 1 aliphatic heterocycles. The molecule has 0 aliphatic carbocycles. The quantitative estimate of drug-likeness (QED) is 0.696. The van der Waals surface area contributed by atoms with E-state index in [0.29, 0.717) is 43.2 Å². The SMILES string of the molecule is O=C(NCC1CCN(S(=O)(=O)c2cccnc2)CC1)C(=O)Nc1cccc(Cl)c1. The maximum Gasteiger partial charge on any atom is 0.313 e. The third-order valence-electron chi connectivity index (χ3n) is 4.69. The summed E-state index contributed by atoms with van der Waals surface area (Å²) in [4.78, 5) is 28.0.